The minimum Gasteiger partial charge on any atom is -0.454 e. The van der Waals surface area contributed by atoms with Crippen molar-refractivity contribution in [2.24, 2.45) is 0 Å². The van der Waals surface area contributed by atoms with Gasteiger partial charge in [0.05, 0.1) is 5.56 Å². The Bertz CT molecular complexity index is 899. The van der Waals surface area contributed by atoms with E-state index in [0.29, 0.717) is 11.5 Å². The molecule has 2 aromatic rings. The molecule has 0 unspecified atom stereocenters. The standard InChI is InChI=1S/C19H17F3N2O4/c1-12(25)24(9-13-5-6-16-17(7-13)28-11-27-16)10-18(26)23-15-4-2-3-14(8-15)19(20,21)22/h2-8H,9-11H2,1H3,(H,23,26). The summed E-state index contributed by atoms with van der Waals surface area (Å²) in [5.41, 5.74) is -0.133. The maximum absolute atomic E-state index is 12.8. The molecule has 1 N–H and O–H groups in total. The van der Waals surface area contributed by atoms with Gasteiger partial charge in [-0.15, -0.1) is 0 Å². The highest BCUT2D eigenvalue weighted by atomic mass is 19.4. The fourth-order valence-corrected chi connectivity index (χ4v) is 2.69. The number of halogens is 3. The van der Waals surface area contributed by atoms with Gasteiger partial charge < -0.3 is 19.7 Å². The quantitative estimate of drug-likeness (QED) is 0.844. The molecule has 0 saturated carbocycles. The second-order valence-corrected chi connectivity index (χ2v) is 6.19. The SMILES string of the molecule is CC(=O)N(CC(=O)Nc1cccc(C(F)(F)F)c1)Cc1ccc2c(c1)OCO2. The topological polar surface area (TPSA) is 67.9 Å². The molecule has 1 aliphatic rings. The van der Waals surface area contributed by atoms with Crippen molar-refractivity contribution in [2.75, 3.05) is 18.7 Å². The van der Waals surface area contributed by atoms with Crippen LogP contribution in [-0.4, -0.2) is 30.1 Å². The number of fused-ring (bicyclic) bond motifs is 1. The molecule has 0 bridgehead atoms. The van der Waals surface area contributed by atoms with E-state index in [1.54, 1.807) is 18.2 Å². The average molecular weight is 394 g/mol. The monoisotopic (exact) mass is 394 g/mol. The van der Waals surface area contributed by atoms with Crippen LogP contribution in [0, 0.1) is 0 Å². The first kappa shape index (κ1) is 19.5. The Morgan fingerprint density at radius 1 is 1.11 bits per heavy atom. The predicted molar refractivity (Wildman–Crippen MR) is 93.7 cm³/mol. The number of carbonyl (C=O) groups is 2. The van der Waals surface area contributed by atoms with Crippen LogP contribution in [0.15, 0.2) is 42.5 Å². The van der Waals surface area contributed by atoms with Gasteiger partial charge in [-0.05, 0) is 35.9 Å². The molecule has 1 aliphatic heterocycles. The van der Waals surface area contributed by atoms with Crippen LogP contribution in [-0.2, 0) is 22.3 Å². The van der Waals surface area contributed by atoms with E-state index in [1.165, 1.54) is 24.0 Å². The number of hydrogen-bond acceptors (Lipinski definition) is 4. The molecule has 2 amide bonds. The Kier molecular flexibility index (Phi) is 5.43. The number of nitrogens with zero attached hydrogens (tertiary/aromatic N) is 1. The number of rotatable bonds is 5. The van der Waals surface area contributed by atoms with Crippen molar-refractivity contribution in [3.05, 3.63) is 53.6 Å². The van der Waals surface area contributed by atoms with E-state index < -0.39 is 17.6 Å². The summed E-state index contributed by atoms with van der Waals surface area (Å²) in [7, 11) is 0. The number of nitrogens with one attached hydrogen (secondary N) is 1. The molecule has 0 spiro atoms. The molecule has 2 aromatic carbocycles. The lowest BCUT2D eigenvalue weighted by atomic mass is 10.2. The maximum atomic E-state index is 12.8. The van der Waals surface area contributed by atoms with E-state index >= 15 is 0 Å². The first-order valence-electron chi connectivity index (χ1n) is 8.33. The minimum atomic E-state index is -4.51. The van der Waals surface area contributed by atoms with Crippen LogP contribution in [0.5, 0.6) is 11.5 Å². The number of amides is 2. The third-order valence-electron chi connectivity index (χ3n) is 4.06. The number of carbonyl (C=O) groups excluding carboxylic acids is 2. The molecule has 0 aliphatic carbocycles. The summed E-state index contributed by atoms with van der Waals surface area (Å²) in [4.78, 5) is 25.4. The van der Waals surface area contributed by atoms with Gasteiger partial charge in [-0.3, -0.25) is 9.59 Å². The molecule has 9 heteroatoms. The van der Waals surface area contributed by atoms with Gasteiger partial charge in [0.25, 0.3) is 0 Å². The van der Waals surface area contributed by atoms with Crippen LogP contribution in [0.25, 0.3) is 0 Å². The van der Waals surface area contributed by atoms with E-state index in [1.807, 2.05) is 0 Å². The summed E-state index contributed by atoms with van der Waals surface area (Å²) in [6.07, 6.45) is -4.51. The molecule has 0 saturated heterocycles. The lowest BCUT2D eigenvalue weighted by Gasteiger charge is -2.21. The second-order valence-electron chi connectivity index (χ2n) is 6.19. The van der Waals surface area contributed by atoms with Crippen LogP contribution < -0.4 is 14.8 Å². The van der Waals surface area contributed by atoms with Gasteiger partial charge in [-0.25, -0.2) is 0 Å². The summed E-state index contributed by atoms with van der Waals surface area (Å²) >= 11 is 0. The first-order chi connectivity index (χ1) is 13.2. The van der Waals surface area contributed by atoms with Crippen LogP contribution in [0.3, 0.4) is 0 Å². The van der Waals surface area contributed by atoms with Crippen molar-refractivity contribution >= 4 is 17.5 Å². The minimum absolute atomic E-state index is 0.00593. The number of hydrogen-bond donors (Lipinski definition) is 1. The lowest BCUT2D eigenvalue weighted by molar-refractivity contribution is -0.137. The zero-order chi connectivity index (χ0) is 20.3. The van der Waals surface area contributed by atoms with E-state index in [9.17, 15) is 22.8 Å². The molecule has 3 rings (SSSR count). The number of ether oxygens (including phenoxy) is 2. The highest BCUT2D eigenvalue weighted by Crippen LogP contribution is 2.33. The maximum Gasteiger partial charge on any atom is 0.416 e. The van der Waals surface area contributed by atoms with Gasteiger partial charge in [-0.1, -0.05) is 12.1 Å². The fourth-order valence-electron chi connectivity index (χ4n) is 2.69. The van der Waals surface area contributed by atoms with Crippen LogP contribution >= 0.6 is 0 Å². The Hall–Kier alpha value is -3.23. The Labute approximate surface area is 158 Å². The largest absolute Gasteiger partial charge is 0.454 e. The highest BCUT2D eigenvalue weighted by molar-refractivity contribution is 5.94. The van der Waals surface area contributed by atoms with E-state index in [2.05, 4.69) is 5.32 Å². The fraction of sp³-hybridized carbons (Fsp3) is 0.263. The van der Waals surface area contributed by atoms with Crippen molar-refractivity contribution < 1.29 is 32.2 Å². The highest BCUT2D eigenvalue weighted by Gasteiger charge is 2.30. The first-order valence-corrected chi connectivity index (χ1v) is 8.33. The molecule has 148 valence electrons. The molecule has 6 nitrogen and oxygen atoms in total. The van der Waals surface area contributed by atoms with Gasteiger partial charge >= 0.3 is 6.18 Å². The van der Waals surface area contributed by atoms with Crippen LogP contribution in [0.4, 0.5) is 18.9 Å². The molecular weight excluding hydrogens is 377 g/mol. The van der Waals surface area contributed by atoms with Gasteiger partial charge in [0.2, 0.25) is 18.6 Å². The second kappa shape index (κ2) is 7.79. The van der Waals surface area contributed by atoms with Gasteiger partial charge in [0.1, 0.15) is 6.54 Å². The molecular formula is C19H17F3N2O4. The third-order valence-corrected chi connectivity index (χ3v) is 4.06. The lowest BCUT2D eigenvalue weighted by Crippen LogP contribution is -2.36. The predicted octanol–water partition coefficient (Wildman–Crippen LogP) is 3.42. The van der Waals surface area contributed by atoms with E-state index in [4.69, 9.17) is 9.47 Å². The van der Waals surface area contributed by atoms with Gasteiger partial charge in [0.15, 0.2) is 11.5 Å². The summed E-state index contributed by atoms with van der Waals surface area (Å²) in [5.74, 6) is 0.196. The normalized spacial score (nSPS) is 12.6. The number of anilines is 1. The smallest absolute Gasteiger partial charge is 0.416 e. The van der Waals surface area contributed by atoms with Crippen molar-refractivity contribution in [1.82, 2.24) is 4.90 Å². The molecule has 28 heavy (non-hydrogen) atoms. The molecule has 0 radical (unpaired) electrons. The summed E-state index contributed by atoms with van der Waals surface area (Å²) in [6.45, 7) is 1.27. The van der Waals surface area contributed by atoms with Crippen molar-refractivity contribution in [2.45, 2.75) is 19.6 Å². The Morgan fingerprint density at radius 3 is 2.57 bits per heavy atom. The summed E-state index contributed by atoms with van der Waals surface area (Å²) < 4.78 is 48.8. The third kappa shape index (κ3) is 4.73. The van der Waals surface area contributed by atoms with Gasteiger partial charge in [-0.2, -0.15) is 13.2 Å². The molecule has 0 fully saturated rings. The van der Waals surface area contributed by atoms with Crippen molar-refractivity contribution in [1.29, 1.82) is 0 Å². The molecule has 0 atom stereocenters. The zero-order valence-electron chi connectivity index (χ0n) is 14.9. The van der Waals surface area contributed by atoms with Crippen molar-refractivity contribution in [3.8, 4) is 11.5 Å². The molecule has 1 heterocycles. The number of alkyl halides is 3. The van der Waals surface area contributed by atoms with Crippen molar-refractivity contribution in [3.63, 3.8) is 0 Å². The zero-order valence-corrected chi connectivity index (χ0v) is 14.9. The Morgan fingerprint density at radius 2 is 1.86 bits per heavy atom. The molecule has 0 aromatic heterocycles. The Balaban J connectivity index is 1.66. The summed E-state index contributed by atoms with van der Waals surface area (Å²) in [5, 5.41) is 2.39. The van der Waals surface area contributed by atoms with Gasteiger partial charge in [0, 0.05) is 19.2 Å². The van der Waals surface area contributed by atoms with E-state index in [0.717, 1.165) is 17.7 Å². The number of benzene rings is 2. The van der Waals surface area contributed by atoms with Crippen LogP contribution in [0.2, 0.25) is 0 Å². The van der Waals surface area contributed by atoms with E-state index in [-0.39, 0.29) is 31.5 Å². The summed E-state index contributed by atoms with van der Waals surface area (Å²) in [6, 6.07) is 9.47. The average Bonchev–Trinajstić information content (AvgIpc) is 3.08. The van der Waals surface area contributed by atoms with Crippen LogP contribution in [0.1, 0.15) is 18.1 Å².